The third-order valence-corrected chi connectivity index (χ3v) is 7.26. The van der Waals surface area contributed by atoms with Gasteiger partial charge in [-0.1, -0.05) is 18.2 Å². The van der Waals surface area contributed by atoms with Gasteiger partial charge < -0.3 is 20.3 Å². The molecule has 0 aliphatic carbocycles. The first-order valence-electron chi connectivity index (χ1n) is 11.0. The number of hydrogen-bond donors (Lipinski definition) is 3. The summed E-state index contributed by atoms with van der Waals surface area (Å²) in [6.45, 7) is 2.16. The first-order chi connectivity index (χ1) is 15.9. The van der Waals surface area contributed by atoms with Gasteiger partial charge in [-0.05, 0) is 62.8 Å². The van der Waals surface area contributed by atoms with Crippen LogP contribution >= 0.6 is 0 Å². The van der Waals surface area contributed by atoms with E-state index in [2.05, 4.69) is 20.5 Å². The normalized spacial score (nSPS) is 18.3. The molecule has 3 N–H and O–H groups in total. The van der Waals surface area contributed by atoms with E-state index >= 15 is 0 Å². The molecule has 0 saturated carbocycles. The predicted octanol–water partition coefficient (Wildman–Crippen LogP) is 4.44. The summed E-state index contributed by atoms with van der Waals surface area (Å²) in [5.74, 6) is 2.34. The van der Waals surface area contributed by atoms with Crippen molar-refractivity contribution in [3.05, 3.63) is 54.7 Å². The summed E-state index contributed by atoms with van der Waals surface area (Å²) in [5, 5.41) is 6.59. The van der Waals surface area contributed by atoms with Crippen LogP contribution in [-0.2, 0) is 9.73 Å². The zero-order valence-electron chi connectivity index (χ0n) is 19.0. The Hall–Kier alpha value is -3.17. The molecule has 1 aromatic heterocycles. The van der Waals surface area contributed by atoms with Crippen LogP contribution in [0.1, 0.15) is 12.8 Å². The molecule has 2 aromatic carbocycles. The van der Waals surface area contributed by atoms with Gasteiger partial charge in [0, 0.05) is 41.2 Å². The molecule has 174 valence electrons. The van der Waals surface area contributed by atoms with E-state index in [1.54, 1.807) is 24.4 Å². The number of fused-ring (bicyclic) bond motifs is 4. The first-order valence-corrected chi connectivity index (χ1v) is 12.8. The standard InChI is InChI=1S/C24H30N6O2S/c1-30(2)13-14-32-20-10-8-18(9-11-20)22-17-27-24-28-19-6-5-7-21(16-19)33(25,31)15-4-3-12-26-23(22)29-24/h5-11,16-17,25H,3-4,12-15H2,1-2H3,(H2,26,27,28,29). The van der Waals surface area contributed by atoms with E-state index in [4.69, 9.17) is 14.5 Å². The van der Waals surface area contributed by atoms with Crippen LogP contribution in [0.4, 0.5) is 17.5 Å². The minimum Gasteiger partial charge on any atom is -0.492 e. The van der Waals surface area contributed by atoms with Gasteiger partial charge in [0.25, 0.3) is 0 Å². The maximum Gasteiger partial charge on any atom is 0.229 e. The number of nitrogens with zero attached hydrogens (tertiary/aromatic N) is 3. The van der Waals surface area contributed by atoms with Crippen molar-refractivity contribution < 1.29 is 8.95 Å². The Kier molecular flexibility index (Phi) is 7.10. The highest BCUT2D eigenvalue weighted by Crippen LogP contribution is 2.30. The molecule has 4 bridgehead atoms. The summed E-state index contributed by atoms with van der Waals surface area (Å²) >= 11 is 0. The quantitative estimate of drug-likeness (QED) is 0.511. The minimum absolute atomic E-state index is 0.337. The summed E-state index contributed by atoms with van der Waals surface area (Å²) in [4.78, 5) is 11.8. The average Bonchev–Trinajstić information content (AvgIpc) is 2.79. The lowest BCUT2D eigenvalue weighted by Crippen LogP contribution is -2.19. The molecule has 0 amide bonds. The van der Waals surface area contributed by atoms with Crippen LogP contribution in [-0.4, -0.2) is 58.6 Å². The van der Waals surface area contributed by atoms with Crippen molar-refractivity contribution in [3.8, 4) is 16.9 Å². The van der Waals surface area contributed by atoms with E-state index in [1.165, 1.54) is 0 Å². The molecular weight excluding hydrogens is 436 g/mol. The number of likely N-dealkylation sites (N-methyl/N-ethyl adjacent to an activating group) is 1. The molecule has 0 radical (unpaired) electrons. The lowest BCUT2D eigenvalue weighted by Gasteiger charge is -2.14. The summed E-state index contributed by atoms with van der Waals surface area (Å²) in [6, 6.07) is 15.1. The molecule has 9 heteroatoms. The van der Waals surface area contributed by atoms with Gasteiger partial charge in [0.15, 0.2) is 0 Å². The Morgan fingerprint density at radius 1 is 1.15 bits per heavy atom. The highest BCUT2D eigenvalue weighted by molar-refractivity contribution is 7.92. The molecule has 8 nitrogen and oxygen atoms in total. The summed E-state index contributed by atoms with van der Waals surface area (Å²) in [6.07, 6.45) is 3.29. The summed E-state index contributed by atoms with van der Waals surface area (Å²) in [5.41, 5.74) is 2.60. The van der Waals surface area contributed by atoms with Gasteiger partial charge in [0.2, 0.25) is 5.95 Å². The third kappa shape index (κ3) is 6.00. The monoisotopic (exact) mass is 466 g/mol. The number of benzene rings is 2. The smallest absolute Gasteiger partial charge is 0.229 e. The van der Waals surface area contributed by atoms with Crippen LogP contribution < -0.4 is 15.4 Å². The van der Waals surface area contributed by atoms with Gasteiger partial charge in [0.05, 0.1) is 9.73 Å². The molecule has 0 saturated heterocycles. The van der Waals surface area contributed by atoms with E-state index in [9.17, 15) is 4.21 Å². The Morgan fingerprint density at radius 3 is 2.76 bits per heavy atom. The highest BCUT2D eigenvalue weighted by Gasteiger charge is 2.14. The molecule has 1 aliphatic heterocycles. The van der Waals surface area contributed by atoms with Gasteiger partial charge in [-0.25, -0.2) is 14.0 Å². The third-order valence-electron chi connectivity index (χ3n) is 5.38. The number of ether oxygens (including phenoxy) is 1. The molecule has 1 unspecified atom stereocenters. The van der Waals surface area contributed by atoms with Gasteiger partial charge in [-0.3, -0.25) is 0 Å². The van der Waals surface area contributed by atoms with Crippen molar-refractivity contribution in [1.29, 1.82) is 4.78 Å². The van der Waals surface area contributed by atoms with Crippen molar-refractivity contribution in [3.63, 3.8) is 0 Å². The second kappa shape index (κ2) is 10.2. The fourth-order valence-corrected chi connectivity index (χ4v) is 4.99. The maximum atomic E-state index is 12.9. The van der Waals surface area contributed by atoms with E-state index in [0.29, 0.717) is 41.9 Å². The lowest BCUT2D eigenvalue weighted by atomic mass is 10.1. The van der Waals surface area contributed by atoms with Gasteiger partial charge >= 0.3 is 0 Å². The maximum absolute atomic E-state index is 12.9. The van der Waals surface area contributed by atoms with Crippen LogP contribution in [0.2, 0.25) is 0 Å². The molecular formula is C24H30N6O2S. The van der Waals surface area contributed by atoms with E-state index < -0.39 is 9.73 Å². The number of aromatic nitrogens is 2. The Labute approximate surface area is 195 Å². The second-order valence-electron chi connectivity index (χ2n) is 8.30. The zero-order valence-corrected chi connectivity index (χ0v) is 19.8. The first kappa shape index (κ1) is 23.0. The van der Waals surface area contributed by atoms with Crippen molar-refractivity contribution in [2.75, 3.05) is 50.2 Å². The fourth-order valence-electron chi connectivity index (χ4n) is 3.53. The molecule has 4 rings (SSSR count). The Balaban J connectivity index is 1.59. The Morgan fingerprint density at radius 2 is 1.97 bits per heavy atom. The van der Waals surface area contributed by atoms with Gasteiger partial charge in [-0.15, -0.1) is 0 Å². The number of rotatable bonds is 5. The molecule has 33 heavy (non-hydrogen) atoms. The molecule has 0 fully saturated rings. The van der Waals surface area contributed by atoms with Gasteiger partial charge in [0.1, 0.15) is 18.2 Å². The lowest BCUT2D eigenvalue weighted by molar-refractivity contribution is 0.261. The van der Waals surface area contributed by atoms with Crippen molar-refractivity contribution >= 4 is 27.2 Å². The van der Waals surface area contributed by atoms with Crippen molar-refractivity contribution in [2.24, 2.45) is 0 Å². The van der Waals surface area contributed by atoms with Crippen LogP contribution in [0.15, 0.2) is 59.6 Å². The molecule has 1 aliphatic rings. The van der Waals surface area contributed by atoms with E-state index in [-0.39, 0.29) is 0 Å². The van der Waals surface area contributed by atoms with E-state index in [0.717, 1.165) is 35.7 Å². The SMILES string of the molecule is CN(C)CCOc1ccc(-c2cnc3nc2NCCCCS(=N)(=O)c2cccc(c2)N3)cc1. The van der Waals surface area contributed by atoms with Crippen LogP contribution in [0.25, 0.3) is 11.1 Å². The van der Waals surface area contributed by atoms with E-state index in [1.807, 2.05) is 44.4 Å². The zero-order chi connectivity index (χ0) is 23.3. The van der Waals surface area contributed by atoms with Crippen LogP contribution in [0.3, 0.4) is 0 Å². The molecule has 3 aromatic rings. The predicted molar refractivity (Wildman–Crippen MR) is 133 cm³/mol. The Bertz CT molecular complexity index is 1200. The number of nitrogens with one attached hydrogen (secondary N) is 3. The van der Waals surface area contributed by atoms with Crippen LogP contribution in [0, 0.1) is 4.78 Å². The molecule has 0 spiro atoms. The molecule has 1 atom stereocenters. The number of hydrogen-bond acceptors (Lipinski definition) is 8. The van der Waals surface area contributed by atoms with Crippen molar-refractivity contribution in [1.82, 2.24) is 14.9 Å². The minimum atomic E-state index is -2.83. The number of anilines is 3. The highest BCUT2D eigenvalue weighted by atomic mass is 32.2. The van der Waals surface area contributed by atoms with Crippen LogP contribution in [0.5, 0.6) is 5.75 Å². The largest absolute Gasteiger partial charge is 0.492 e. The fraction of sp³-hybridized carbons (Fsp3) is 0.333. The van der Waals surface area contributed by atoms with Gasteiger partial charge in [-0.2, -0.15) is 4.98 Å². The summed E-state index contributed by atoms with van der Waals surface area (Å²) < 4.78 is 27.0. The second-order valence-corrected chi connectivity index (χ2v) is 10.5. The topological polar surface area (TPSA) is 103 Å². The molecule has 2 heterocycles. The van der Waals surface area contributed by atoms with Crippen molar-refractivity contribution in [2.45, 2.75) is 17.7 Å². The summed E-state index contributed by atoms with van der Waals surface area (Å²) in [7, 11) is 1.21. The average molecular weight is 467 g/mol.